The summed E-state index contributed by atoms with van der Waals surface area (Å²) in [5.74, 6) is -0.908. The summed E-state index contributed by atoms with van der Waals surface area (Å²) in [5.41, 5.74) is 7.17. The van der Waals surface area contributed by atoms with Crippen molar-refractivity contribution in [2.45, 2.75) is 29.5 Å². The second kappa shape index (κ2) is 9.18. The zero-order valence-electron chi connectivity index (χ0n) is 20.5. The summed E-state index contributed by atoms with van der Waals surface area (Å²) in [6.45, 7) is 5.17. The molecule has 1 aromatic carbocycles. The Hall–Kier alpha value is -2.82. The number of hydrogen-bond donors (Lipinski definition) is 1. The van der Waals surface area contributed by atoms with Crippen molar-refractivity contribution in [2.75, 3.05) is 39.5 Å². The SMILES string of the molecule is C[C@]1(c2cc(/C=C(\F)c3ccc(C4COC4)cn3)ccc2F)N=C(N)S[C@@]2(C(=O)N3CCOCC3)C[C@H]21. The maximum atomic E-state index is 15.3. The van der Waals surface area contributed by atoms with Crippen LogP contribution in [0, 0.1) is 11.7 Å². The van der Waals surface area contributed by atoms with Crippen molar-refractivity contribution in [1.82, 2.24) is 9.88 Å². The highest BCUT2D eigenvalue weighted by atomic mass is 32.2. The number of amidine groups is 1. The minimum Gasteiger partial charge on any atom is -0.380 e. The molecule has 3 atom stereocenters. The quantitative estimate of drug-likeness (QED) is 0.639. The maximum absolute atomic E-state index is 15.3. The summed E-state index contributed by atoms with van der Waals surface area (Å²) in [5, 5.41) is 0.255. The summed E-state index contributed by atoms with van der Waals surface area (Å²) in [7, 11) is 0. The fourth-order valence-electron chi connectivity index (χ4n) is 5.55. The number of carbonyl (C=O) groups is 1. The van der Waals surface area contributed by atoms with Crippen molar-refractivity contribution >= 4 is 34.7 Å². The first-order valence-electron chi connectivity index (χ1n) is 12.4. The maximum Gasteiger partial charge on any atom is 0.239 e. The van der Waals surface area contributed by atoms with Crippen LogP contribution in [0.4, 0.5) is 8.78 Å². The van der Waals surface area contributed by atoms with E-state index >= 15 is 8.78 Å². The van der Waals surface area contributed by atoms with Crippen LogP contribution in [0.5, 0.6) is 0 Å². The third kappa shape index (κ3) is 4.24. The minimum atomic E-state index is -1.05. The van der Waals surface area contributed by atoms with Gasteiger partial charge in [0.25, 0.3) is 0 Å². The fraction of sp³-hybridized carbons (Fsp3) is 0.444. The van der Waals surface area contributed by atoms with Crippen LogP contribution in [0.15, 0.2) is 41.5 Å². The predicted molar refractivity (Wildman–Crippen MR) is 138 cm³/mol. The van der Waals surface area contributed by atoms with Gasteiger partial charge in [0.2, 0.25) is 5.91 Å². The van der Waals surface area contributed by atoms with Gasteiger partial charge in [-0.1, -0.05) is 23.9 Å². The molecule has 2 aromatic rings. The van der Waals surface area contributed by atoms with Crippen molar-refractivity contribution in [3.63, 3.8) is 0 Å². The van der Waals surface area contributed by atoms with E-state index in [4.69, 9.17) is 15.2 Å². The second-order valence-electron chi connectivity index (χ2n) is 10.2. The van der Waals surface area contributed by atoms with Crippen molar-refractivity contribution in [3.05, 3.63) is 64.7 Å². The topological polar surface area (TPSA) is 90.0 Å². The molecule has 0 spiro atoms. The third-order valence-electron chi connectivity index (χ3n) is 7.85. The third-order valence-corrected chi connectivity index (χ3v) is 9.14. The largest absolute Gasteiger partial charge is 0.380 e. The molecule has 4 aliphatic rings. The number of aromatic nitrogens is 1. The first-order chi connectivity index (χ1) is 17.8. The number of hydrogen-bond acceptors (Lipinski definition) is 7. The molecule has 1 amide bonds. The van der Waals surface area contributed by atoms with E-state index in [0.29, 0.717) is 63.0 Å². The first-order valence-corrected chi connectivity index (χ1v) is 13.2. The van der Waals surface area contributed by atoms with Gasteiger partial charge >= 0.3 is 0 Å². The molecule has 2 N–H and O–H groups in total. The Labute approximate surface area is 218 Å². The number of nitrogens with two attached hydrogens (primary N) is 1. The molecule has 7 nitrogen and oxygen atoms in total. The van der Waals surface area contributed by atoms with Crippen LogP contribution < -0.4 is 5.73 Å². The number of fused-ring (bicyclic) bond motifs is 1. The Kier molecular flexibility index (Phi) is 6.08. The molecule has 1 aliphatic carbocycles. The van der Waals surface area contributed by atoms with E-state index in [1.165, 1.54) is 30.0 Å². The second-order valence-corrected chi connectivity index (χ2v) is 11.5. The number of carbonyl (C=O) groups excluding carboxylic acids is 1. The minimum absolute atomic E-state index is 0.000336. The summed E-state index contributed by atoms with van der Waals surface area (Å²) in [6, 6.07) is 7.93. The molecule has 0 bridgehead atoms. The molecule has 1 aromatic heterocycles. The summed E-state index contributed by atoms with van der Waals surface area (Å²) >= 11 is 1.27. The lowest BCUT2D eigenvalue weighted by Gasteiger charge is -2.36. The number of morpholine rings is 1. The van der Waals surface area contributed by atoms with E-state index < -0.39 is 21.9 Å². The number of pyridine rings is 1. The molecule has 0 unspecified atom stereocenters. The molecule has 10 heteroatoms. The number of halogens is 2. The molecule has 1 saturated carbocycles. The molecular formula is C27H28F2N4O3S. The average Bonchev–Trinajstić information content (AvgIpc) is 3.61. The number of thioether (sulfide) groups is 1. The van der Waals surface area contributed by atoms with E-state index in [1.807, 2.05) is 13.0 Å². The zero-order chi connectivity index (χ0) is 25.8. The Balaban J connectivity index is 1.28. The van der Waals surface area contributed by atoms with Crippen molar-refractivity contribution < 1.29 is 23.0 Å². The highest BCUT2D eigenvalue weighted by molar-refractivity contribution is 8.15. The van der Waals surface area contributed by atoms with E-state index in [1.54, 1.807) is 23.2 Å². The van der Waals surface area contributed by atoms with Gasteiger partial charge in [-0.25, -0.2) is 8.78 Å². The predicted octanol–water partition coefficient (Wildman–Crippen LogP) is 3.70. The summed E-state index contributed by atoms with van der Waals surface area (Å²) < 4.78 is 40.2. The number of rotatable bonds is 5. The van der Waals surface area contributed by atoms with Crippen LogP contribution in [0.2, 0.25) is 0 Å². The highest BCUT2D eigenvalue weighted by Gasteiger charge is 2.71. The van der Waals surface area contributed by atoms with Gasteiger partial charge in [-0.3, -0.25) is 14.8 Å². The number of aliphatic imine (C=N–C) groups is 1. The van der Waals surface area contributed by atoms with Gasteiger partial charge in [-0.2, -0.15) is 0 Å². The van der Waals surface area contributed by atoms with E-state index in [0.717, 1.165) is 5.56 Å². The smallest absolute Gasteiger partial charge is 0.239 e. The normalized spacial score (nSPS) is 29.8. The Morgan fingerprint density at radius 2 is 2.00 bits per heavy atom. The van der Waals surface area contributed by atoms with Crippen LogP contribution in [-0.4, -0.2) is 65.2 Å². The fourth-order valence-corrected chi connectivity index (χ4v) is 6.99. The zero-order valence-corrected chi connectivity index (χ0v) is 21.3. The molecule has 37 heavy (non-hydrogen) atoms. The lowest BCUT2D eigenvalue weighted by Crippen LogP contribution is -2.49. The van der Waals surface area contributed by atoms with Crippen molar-refractivity contribution in [1.29, 1.82) is 0 Å². The van der Waals surface area contributed by atoms with Crippen LogP contribution >= 0.6 is 11.8 Å². The summed E-state index contributed by atoms with van der Waals surface area (Å²) in [4.78, 5) is 24.2. The molecule has 4 heterocycles. The molecule has 194 valence electrons. The first kappa shape index (κ1) is 24.5. The van der Waals surface area contributed by atoms with Gasteiger partial charge in [0.15, 0.2) is 5.17 Å². The van der Waals surface area contributed by atoms with Crippen LogP contribution in [0.3, 0.4) is 0 Å². The number of ether oxygens (including phenoxy) is 2. The van der Waals surface area contributed by atoms with Crippen LogP contribution in [0.1, 0.15) is 41.6 Å². The number of benzene rings is 1. The number of amides is 1. The summed E-state index contributed by atoms with van der Waals surface area (Å²) in [6.07, 6.45) is 3.55. The van der Waals surface area contributed by atoms with Crippen molar-refractivity contribution in [2.24, 2.45) is 16.6 Å². The number of nitrogens with zero attached hydrogens (tertiary/aromatic N) is 3. The lowest BCUT2D eigenvalue weighted by molar-refractivity contribution is -0.135. The lowest BCUT2D eigenvalue weighted by atomic mass is 9.84. The standard InChI is InChI=1S/C27H28F2N4O3S/c1-26(23-12-27(23,37-25(30)32-26)24(34)33-6-8-35-9-7-33)19-10-16(2-4-20(19)28)11-21(29)22-5-3-17(13-31-22)18-14-36-15-18/h2-5,10-11,13,18,23H,6-9,12,14-15H2,1H3,(H2,30,32)/b21-11-/t23-,26+,27-/m0/s1. The van der Waals surface area contributed by atoms with E-state index in [2.05, 4.69) is 9.98 Å². The van der Waals surface area contributed by atoms with E-state index in [9.17, 15) is 4.79 Å². The van der Waals surface area contributed by atoms with Gasteiger partial charge in [0, 0.05) is 36.7 Å². The van der Waals surface area contributed by atoms with Gasteiger partial charge < -0.3 is 20.1 Å². The van der Waals surface area contributed by atoms with Crippen LogP contribution in [-0.2, 0) is 19.8 Å². The van der Waals surface area contributed by atoms with Gasteiger partial charge in [0.05, 0.1) is 37.7 Å². The molecule has 6 rings (SSSR count). The molecule has 3 aliphatic heterocycles. The average molecular weight is 527 g/mol. The monoisotopic (exact) mass is 526 g/mol. The Morgan fingerprint density at radius 3 is 2.68 bits per heavy atom. The Morgan fingerprint density at radius 1 is 1.22 bits per heavy atom. The molecule has 2 saturated heterocycles. The van der Waals surface area contributed by atoms with E-state index in [-0.39, 0.29) is 22.7 Å². The van der Waals surface area contributed by atoms with Gasteiger partial charge in [-0.15, -0.1) is 0 Å². The van der Waals surface area contributed by atoms with Crippen LogP contribution in [0.25, 0.3) is 11.9 Å². The van der Waals surface area contributed by atoms with Gasteiger partial charge in [-0.05, 0) is 48.7 Å². The molecule has 0 radical (unpaired) electrons. The Bertz CT molecular complexity index is 1290. The van der Waals surface area contributed by atoms with Crippen molar-refractivity contribution in [3.8, 4) is 0 Å². The highest BCUT2D eigenvalue weighted by Crippen LogP contribution is 2.66. The van der Waals surface area contributed by atoms with Gasteiger partial charge in [0.1, 0.15) is 16.4 Å². The molecular weight excluding hydrogens is 498 g/mol. The molecule has 3 fully saturated rings.